The highest BCUT2D eigenvalue weighted by atomic mass is 16.6. The molecule has 464 valence electrons. The van der Waals surface area contributed by atoms with Crippen LogP contribution < -0.4 is 0 Å². The van der Waals surface area contributed by atoms with E-state index in [1.165, 1.54) is 231 Å². The monoisotopic (exact) mass is 1120 g/mol. The first-order valence-corrected chi connectivity index (χ1v) is 34.9. The molecular formula is C74H132O6. The minimum absolute atomic E-state index is 0.0760. The molecule has 0 spiro atoms. The maximum Gasteiger partial charge on any atom is 0.306 e. The van der Waals surface area contributed by atoms with Crippen LogP contribution in [0.2, 0.25) is 0 Å². The Balaban J connectivity index is 4.27. The van der Waals surface area contributed by atoms with Gasteiger partial charge in [-0.15, -0.1) is 0 Å². The van der Waals surface area contributed by atoms with E-state index >= 15 is 0 Å². The molecule has 0 heterocycles. The summed E-state index contributed by atoms with van der Waals surface area (Å²) in [5.74, 6) is -0.867. The molecule has 0 aromatic rings. The summed E-state index contributed by atoms with van der Waals surface area (Å²) in [6, 6.07) is 0. The molecule has 0 N–H and O–H groups in total. The van der Waals surface area contributed by atoms with Crippen LogP contribution in [0.15, 0.2) is 72.9 Å². The van der Waals surface area contributed by atoms with Crippen LogP contribution in [0.5, 0.6) is 0 Å². The van der Waals surface area contributed by atoms with Gasteiger partial charge in [0.1, 0.15) is 13.2 Å². The number of carbonyl (C=O) groups is 3. The largest absolute Gasteiger partial charge is 0.462 e. The lowest BCUT2D eigenvalue weighted by molar-refractivity contribution is -0.167. The molecule has 80 heavy (non-hydrogen) atoms. The van der Waals surface area contributed by atoms with Crippen molar-refractivity contribution in [2.75, 3.05) is 13.2 Å². The molecule has 0 amide bonds. The van der Waals surface area contributed by atoms with Gasteiger partial charge in [0.15, 0.2) is 6.10 Å². The van der Waals surface area contributed by atoms with E-state index in [9.17, 15) is 14.4 Å². The van der Waals surface area contributed by atoms with Gasteiger partial charge in [0.05, 0.1) is 0 Å². The summed E-state index contributed by atoms with van der Waals surface area (Å²) >= 11 is 0. The van der Waals surface area contributed by atoms with Crippen molar-refractivity contribution in [3.05, 3.63) is 72.9 Å². The van der Waals surface area contributed by atoms with Gasteiger partial charge in [-0.1, -0.05) is 306 Å². The Bertz CT molecular complexity index is 1470. The fraction of sp³-hybridized carbons (Fsp3) is 0.797. The van der Waals surface area contributed by atoms with Gasteiger partial charge in [-0.2, -0.15) is 0 Å². The zero-order chi connectivity index (χ0) is 57.8. The van der Waals surface area contributed by atoms with Gasteiger partial charge >= 0.3 is 17.9 Å². The molecule has 1 unspecified atom stereocenters. The standard InChI is InChI=1S/C74H132O6/c1-4-7-10-13-16-19-22-25-28-30-32-34-35-36-37-38-39-41-42-44-46-49-52-55-58-61-64-67-73(76)79-70-71(69-78-72(75)66-63-60-57-54-51-48-27-24-21-18-15-12-9-6-3)80-74(77)68-65-62-59-56-53-50-47-45-43-40-33-31-29-26-23-20-17-14-11-8-5-2/h7,10,16,19,24-25,27-28,31-34,71H,4-6,8-9,11-15,17-18,20-23,26,29-30,35-70H2,1-3H3/b10-7-,19-16-,27-24-,28-25-,33-31-,34-32-. The molecule has 0 bridgehead atoms. The quantitative estimate of drug-likeness (QED) is 0.0261. The van der Waals surface area contributed by atoms with Crippen LogP contribution in [0.3, 0.4) is 0 Å². The fourth-order valence-corrected chi connectivity index (χ4v) is 10.2. The van der Waals surface area contributed by atoms with Crippen molar-refractivity contribution in [3.63, 3.8) is 0 Å². The minimum Gasteiger partial charge on any atom is -0.462 e. The van der Waals surface area contributed by atoms with Crippen LogP contribution in [0.4, 0.5) is 0 Å². The molecule has 0 aromatic carbocycles. The van der Waals surface area contributed by atoms with E-state index in [0.29, 0.717) is 19.3 Å². The average Bonchev–Trinajstić information content (AvgIpc) is 3.46. The molecule has 0 aromatic heterocycles. The second-order valence-corrected chi connectivity index (χ2v) is 23.4. The van der Waals surface area contributed by atoms with E-state index in [4.69, 9.17) is 14.2 Å². The smallest absolute Gasteiger partial charge is 0.306 e. The number of carbonyl (C=O) groups excluding carboxylic acids is 3. The van der Waals surface area contributed by atoms with E-state index in [0.717, 1.165) is 89.9 Å². The molecule has 0 saturated heterocycles. The Kier molecular flexibility index (Phi) is 65.7. The van der Waals surface area contributed by atoms with Gasteiger partial charge in [0.25, 0.3) is 0 Å². The number of hydrogen-bond donors (Lipinski definition) is 0. The Hall–Kier alpha value is -3.15. The first kappa shape index (κ1) is 76.9. The third-order valence-corrected chi connectivity index (χ3v) is 15.4. The Morgan fingerprint density at radius 1 is 0.263 bits per heavy atom. The highest BCUT2D eigenvalue weighted by Gasteiger charge is 2.19. The van der Waals surface area contributed by atoms with Crippen molar-refractivity contribution in [2.45, 2.75) is 367 Å². The van der Waals surface area contributed by atoms with Crippen molar-refractivity contribution in [2.24, 2.45) is 0 Å². The number of hydrogen-bond acceptors (Lipinski definition) is 6. The van der Waals surface area contributed by atoms with E-state index in [1.54, 1.807) is 0 Å². The normalized spacial score (nSPS) is 12.5. The van der Waals surface area contributed by atoms with Gasteiger partial charge in [-0.3, -0.25) is 14.4 Å². The van der Waals surface area contributed by atoms with Gasteiger partial charge in [-0.05, 0) is 109 Å². The van der Waals surface area contributed by atoms with Crippen LogP contribution in [0.25, 0.3) is 0 Å². The maximum atomic E-state index is 12.9. The zero-order valence-corrected chi connectivity index (χ0v) is 53.3. The van der Waals surface area contributed by atoms with E-state index in [2.05, 4.69) is 93.7 Å². The van der Waals surface area contributed by atoms with Gasteiger partial charge in [0.2, 0.25) is 0 Å². The number of rotatable bonds is 64. The van der Waals surface area contributed by atoms with E-state index in [1.807, 2.05) is 0 Å². The Labute approximate surface area is 497 Å². The first-order chi connectivity index (χ1) is 39.5. The predicted molar refractivity (Wildman–Crippen MR) is 348 cm³/mol. The van der Waals surface area contributed by atoms with E-state index in [-0.39, 0.29) is 31.1 Å². The average molecular weight is 1120 g/mol. The lowest BCUT2D eigenvalue weighted by Crippen LogP contribution is -2.30. The zero-order valence-electron chi connectivity index (χ0n) is 53.3. The van der Waals surface area contributed by atoms with Crippen LogP contribution in [-0.4, -0.2) is 37.2 Å². The highest BCUT2D eigenvalue weighted by molar-refractivity contribution is 5.71. The minimum atomic E-state index is -0.780. The molecule has 0 aliphatic carbocycles. The third-order valence-electron chi connectivity index (χ3n) is 15.4. The third kappa shape index (κ3) is 65.7. The number of allylic oxidation sites excluding steroid dienone is 12. The molecule has 0 fully saturated rings. The predicted octanol–water partition coefficient (Wildman–Crippen LogP) is 24.1. The number of unbranched alkanes of at least 4 members (excludes halogenated alkanes) is 41. The van der Waals surface area contributed by atoms with Crippen molar-refractivity contribution < 1.29 is 28.6 Å². The van der Waals surface area contributed by atoms with Crippen molar-refractivity contribution in [3.8, 4) is 0 Å². The summed E-state index contributed by atoms with van der Waals surface area (Å²) in [5.41, 5.74) is 0. The Morgan fingerprint density at radius 2 is 0.487 bits per heavy atom. The van der Waals surface area contributed by atoms with Gasteiger partial charge in [-0.25, -0.2) is 0 Å². The molecule has 0 aliphatic rings. The van der Waals surface area contributed by atoms with Gasteiger partial charge in [0, 0.05) is 19.3 Å². The summed E-state index contributed by atoms with van der Waals surface area (Å²) < 4.78 is 17.0. The maximum absolute atomic E-state index is 12.9. The number of ether oxygens (including phenoxy) is 3. The molecule has 0 aliphatic heterocycles. The van der Waals surface area contributed by atoms with E-state index < -0.39 is 6.10 Å². The van der Waals surface area contributed by atoms with Crippen LogP contribution in [0.1, 0.15) is 361 Å². The van der Waals surface area contributed by atoms with Crippen molar-refractivity contribution >= 4 is 17.9 Å². The first-order valence-electron chi connectivity index (χ1n) is 34.9. The van der Waals surface area contributed by atoms with Crippen molar-refractivity contribution in [1.82, 2.24) is 0 Å². The fourth-order valence-electron chi connectivity index (χ4n) is 10.2. The second-order valence-electron chi connectivity index (χ2n) is 23.4. The summed E-state index contributed by atoms with van der Waals surface area (Å²) in [5, 5.41) is 0. The molecule has 1 atom stereocenters. The van der Waals surface area contributed by atoms with Crippen molar-refractivity contribution in [1.29, 1.82) is 0 Å². The molecule has 6 nitrogen and oxygen atoms in total. The summed E-state index contributed by atoms with van der Waals surface area (Å²) in [6.07, 6.45) is 89.2. The lowest BCUT2D eigenvalue weighted by Gasteiger charge is -2.18. The molecule has 6 heteroatoms. The molecule has 0 rings (SSSR count). The van der Waals surface area contributed by atoms with Crippen LogP contribution >= 0.6 is 0 Å². The van der Waals surface area contributed by atoms with Crippen LogP contribution in [0, 0.1) is 0 Å². The Morgan fingerprint density at radius 3 is 0.775 bits per heavy atom. The summed E-state index contributed by atoms with van der Waals surface area (Å²) in [7, 11) is 0. The lowest BCUT2D eigenvalue weighted by atomic mass is 10.0. The summed E-state index contributed by atoms with van der Waals surface area (Å²) in [6.45, 7) is 6.56. The van der Waals surface area contributed by atoms with Gasteiger partial charge < -0.3 is 14.2 Å². The molecular weight excluding hydrogens is 985 g/mol. The molecule has 0 radical (unpaired) electrons. The second kappa shape index (κ2) is 68.3. The number of esters is 3. The topological polar surface area (TPSA) is 78.9 Å². The highest BCUT2D eigenvalue weighted by Crippen LogP contribution is 2.17. The van der Waals surface area contributed by atoms with Crippen LogP contribution in [-0.2, 0) is 28.6 Å². The molecule has 0 saturated carbocycles. The SMILES string of the molecule is CC/C=C\C/C=C\C/C=C\C/C=C\CCCCCCCCCCCCCCCCC(=O)OCC(COC(=O)CCCCCCC/C=C\CCCCCCC)OC(=O)CCCCCCCCCCC/C=C\CCCCCCCCCC. The summed E-state index contributed by atoms with van der Waals surface area (Å²) in [4.78, 5) is 38.4.